The van der Waals surface area contributed by atoms with Gasteiger partial charge in [-0.25, -0.2) is 4.79 Å². The van der Waals surface area contributed by atoms with Gasteiger partial charge in [-0.2, -0.15) is 13.2 Å². The first kappa shape index (κ1) is 22.8. The lowest BCUT2D eigenvalue weighted by molar-refractivity contribution is -0.384. The molecule has 11 heteroatoms. The smallest absolute Gasteiger partial charge is 0.432 e. The molecule has 3 rings (SSSR count). The molecule has 0 amide bonds. The molecule has 3 aromatic rings. The Bertz CT molecular complexity index is 1190. The molecule has 2 aromatic carbocycles. The number of esters is 1. The monoisotopic (exact) mass is 500 g/mol. The fraction of sp³-hybridized carbons (Fsp3) is 0.250. The van der Waals surface area contributed by atoms with Crippen LogP contribution in [0.5, 0.6) is 0 Å². The molecule has 1 N–H and O–H groups in total. The van der Waals surface area contributed by atoms with Crippen LogP contribution in [-0.2, 0) is 15.1 Å². The molecular weight excluding hydrogens is 485 g/mol. The van der Waals surface area contributed by atoms with Gasteiger partial charge < -0.3 is 14.4 Å². The maximum atomic E-state index is 14.0. The van der Waals surface area contributed by atoms with E-state index in [1.54, 1.807) is 13.0 Å². The number of nitro groups is 1. The number of benzene rings is 2. The minimum atomic E-state index is -5.37. The largest absolute Gasteiger partial charge is 0.463 e. The predicted molar refractivity (Wildman–Crippen MR) is 109 cm³/mol. The fourth-order valence-electron chi connectivity index (χ4n) is 3.33. The van der Waals surface area contributed by atoms with Gasteiger partial charge >= 0.3 is 12.1 Å². The third-order valence-corrected chi connectivity index (χ3v) is 5.28. The van der Waals surface area contributed by atoms with Gasteiger partial charge in [0.25, 0.3) is 11.3 Å². The predicted octanol–water partition coefficient (Wildman–Crippen LogP) is 4.92. The summed E-state index contributed by atoms with van der Waals surface area (Å²) in [4.78, 5) is 22.7. The summed E-state index contributed by atoms with van der Waals surface area (Å²) in [5, 5.41) is 21.6. The van der Waals surface area contributed by atoms with Gasteiger partial charge in [0.2, 0.25) is 0 Å². The van der Waals surface area contributed by atoms with Crippen molar-refractivity contribution in [3.8, 4) is 5.69 Å². The fourth-order valence-corrected chi connectivity index (χ4v) is 3.69. The van der Waals surface area contributed by atoms with Gasteiger partial charge in [-0.05, 0) is 43.7 Å². The van der Waals surface area contributed by atoms with Crippen LogP contribution in [0.1, 0.15) is 18.1 Å². The first-order chi connectivity index (χ1) is 14.4. The Labute approximate surface area is 182 Å². The highest BCUT2D eigenvalue weighted by Crippen LogP contribution is 2.44. The molecule has 31 heavy (non-hydrogen) atoms. The zero-order valence-corrected chi connectivity index (χ0v) is 17.8. The van der Waals surface area contributed by atoms with E-state index in [2.05, 4.69) is 20.7 Å². The van der Waals surface area contributed by atoms with Crippen LogP contribution in [0.15, 0.2) is 47.1 Å². The minimum absolute atomic E-state index is 0.0417. The lowest BCUT2D eigenvalue weighted by Crippen LogP contribution is -2.50. The Balaban J connectivity index is 2.36. The number of halogens is 4. The van der Waals surface area contributed by atoms with Crippen LogP contribution in [0.2, 0.25) is 0 Å². The maximum Gasteiger partial charge on any atom is 0.432 e. The third-order valence-electron chi connectivity index (χ3n) is 4.79. The maximum absolute atomic E-state index is 14.0. The van der Waals surface area contributed by atoms with Crippen LogP contribution in [0, 0.1) is 17.0 Å². The number of non-ortho nitro benzene ring substituents is 1. The van der Waals surface area contributed by atoms with E-state index in [0.29, 0.717) is 15.7 Å². The van der Waals surface area contributed by atoms with E-state index < -0.39 is 28.2 Å². The van der Waals surface area contributed by atoms with Gasteiger partial charge in [0.05, 0.1) is 17.0 Å². The van der Waals surface area contributed by atoms with Gasteiger partial charge in [-0.3, -0.25) is 10.1 Å². The van der Waals surface area contributed by atoms with E-state index in [0.717, 1.165) is 6.20 Å². The Morgan fingerprint density at radius 2 is 1.94 bits per heavy atom. The van der Waals surface area contributed by atoms with E-state index in [1.165, 1.54) is 41.8 Å². The van der Waals surface area contributed by atoms with E-state index >= 15 is 0 Å². The second kappa shape index (κ2) is 7.97. The zero-order chi connectivity index (χ0) is 23.1. The van der Waals surface area contributed by atoms with Crippen molar-refractivity contribution in [3.05, 3.63) is 68.3 Å². The second-order valence-corrected chi connectivity index (χ2v) is 7.65. The quantitative estimate of drug-likeness (QED) is 0.304. The number of hydrogen-bond acceptors (Lipinski definition) is 5. The molecule has 7 nitrogen and oxygen atoms in total. The number of alkyl halides is 3. The summed E-state index contributed by atoms with van der Waals surface area (Å²) in [7, 11) is 0. The molecular formula is C20H16BrF3N2O5. The van der Waals surface area contributed by atoms with E-state index in [1.807, 2.05) is 0 Å². The standard InChI is InChI=1S/C20H16BrF3N2O5/c1-3-31-18(27)19(28,20(22,23)24)15-10-25(17-6-4-12(21)9-14(15)17)16-7-5-13(26(29)30)8-11(16)2/h4-10,28H,3H2,1-2H3. The third kappa shape index (κ3) is 3.79. The van der Waals surface area contributed by atoms with Crippen LogP contribution >= 0.6 is 15.9 Å². The second-order valence-electron chi connectivity index (χ2n) is 6.73. The van der Waals surface area contributed by atoms with Crippen LogP contribution in [0.25, 0.3) is 16.6 Å². The van der Waals surface area contributed by atoms with Crippen LogP contribution in [0.3, 0.4) is 0 Å². The zero-order valence-electron chi connectivity index (χ0n) is 16.2. The lowest BCUT2D eigenvalue weighted by Gasteiger charge is -2.27. The van der Waals surface area contributed by atoms with Crippen LogP contribution in [-0.4, -0.2) is 33.3 Å². The average Bonchev–Trinajstić information content (AvgIpc) is 3.05. The van der Waals surface area contributed by atoms with Crippen molar-refractivity contribution in [2.24, 2.45) is 0 Å². The summed E-state index contributed by atoms with van der Waals surface area (Å²) in [6.07, 6.45) is -4.37. The van der Waals surface area contributed by atoms with E-state index in [9.17, 15) is 33.2 Å². The number of fused-ring (bicyclic) bond motifs is 1. The van der Waals surface area contributed by atoms with Gasteiger partial charge in [0, 0.05) is 39.4 Å². The summed E-state index contributed by atoms with van der Waals surface area (Å²) < 4.78 is 48.2. The number of hydrogen-bond donors (Lipinski definition) is 1. The molecule has 0 fully saturated rings. The summed E-state index contributed by atoms with van der Waals surface area (Å²) in [5.41, 5.74) is -3.81. The molecule has 0 aliphatic carbocycles. The Kier molecular flexibility index (Phi) is 5.85. The number of aryl methyl sites for hydroxylation is 1. The van der Waals surface area contributed by atoms with Gasteiger partial charge in [0.1, 0.15) is 0 Å². The average molecular weight is 501 g/mol. The first-order valence-corrected chi connectivity index (χ1v) is 9.74. The van der Waals surface area contributed by atoms with Crippen molar-refractivity contribution in [3.63, 3.8) is 0 Å². The van der Waals surface area contributed by atoms with Crippen molar-refractivity contribution in [1.82, 2.24) is 4.57 Å². The summed E-state index contributed by atoms with van der Waals surface area (Å²) in [6.45, 7) is 2.53. The Morgan fingerprint density at radius 1 is 1.26 bits per heavy atom. The molecule has 0 bridgehead atoms. The molecule has 0 aliphatic heterocycles. The molecule has 0 spiro atoms. The molecule has 0 saturated carbocycles. The van der Waals surface area contributed by atoms with Gasteiger partial charge in [-0.1, -0.05) is 15.9 Å². The van der Waals surface area contributed by atoms with Crippen molar-refractivity contribution in [1.29, 1.82) is 0 Å². The number of aliphatic hydroxyl groups is 1. The molecule has 1 aromatic heterocycles. The molecule has 0 saturated heterocycles. The number of nitrogens with zero attached hydrogens (tertiary/aromatic N) is 2. The van der Waals surface area contributed by atoms with Gasteiger partial charge in [0.15, 0.2) is 0 Å². The Hall–Kier alpha value is -2.92. The highest BCUT2D eigenvalue weighted by Gasteiger charge is 2.63. The topological polar surface area (TPSA) is 94.6 Å². The first-order valence-electron chi connectivity index (χ1n) is 8.94. The van der Waals surface area contributed by atoms with E-state index in [-0.39, 0.29) is 23.2 Å². The number of ether oxygens (including phenoxy) is 1. The molecule has 1 unspecified atom stereocenters. The van der Waals surface area contributed by atoms with E-state index in [4.69, 9.17) is 0 Å². The molecule has 0 radical (unpaired) electrons. The van der Waals surface area contributed by atoms with Crippen molar-refractivity contribution >= 4 is 38.5 Å². The van der Waals surface area contributed by atoms with Crippen molar-refractivity contribution < 1.29 is 32.7 Å². The number of aromatic nitrogens is 1. The van der Waals surface area contributed by atoms with Crippen molar-refractivity contribution in [2.45, 2.75) is 25.6 Å². The number of carbonyl (C=O) groups is 1. The molecule has 0 aliphatic rings. The normalized spacial score (nSPS) is 13.8. The summed E-state index contributed by atoms with van der Waals surface area (Å²) in [6, 6.07) is 8.31. The van der Waals surface area contributed by atoms with Crippen molar-refractivity contribution in [2.75, 3.05) is 6.61 Å². The number of rotatable bonds is 5. The highest BCUT2D eigenvalue weighted by atomic mass is 79.9. The summed E-state index contributed by atoms with van der Waals surface area (Å²) in [5.74, 6) is -1.85. The summed E-state index contributed by atoms with van der Waals surface area (Å²) >= 11 is 3.19. The van der Waals surface area contributed by atoms with Gasteiger partial charge in [-0.15, -0.1) is 0 Å². The molecule has 1 heterocycles. The number of carbonyl (C=O) groups excluding carboxylic acids is 1. The Morgan fingerprint density at radius 3 is 2.48 bits per heavy atom. The van der Waals surface area contributed by atoms with Crippen LogP contribution in [0.4, 0.5) is 18.9 Å². The highest BCUT2D eigenvalue weighted by molar-refractivity contribution is 9.10. The SMILES string of the molecule is CCOC(=O)C(O)(c1cn(-c2ccc([N+](=O)[O-])cc2C)c2ccc(Br)cc12)C(F)(F)F. The number of nitro benzene ring substituents is 1. The molecule has 1 atom stereocenters. The lowest BCUT2D eigenvalue weighted by atomic mass is 9.92. The minimum Gasteiger partial charge on any atom is -0.463 e. The molecule has 164 valence electrons. The van der Waals surface area contributed by atoms with Crippen LogP contribution < -0.4 is 0 Å².